The van der Waals surface area contributed by atoms with Gasteiger partial charge in [0.1, 0.15) is 18.1 Å². The summed E-state index contributed by atoms with van der Waals surface area (Å²) in [5.41, 5.74) is 0.986. The molecule has 3 rings (SSSR count). The van der Waals surface area contributed by atoms with Gasteiger partial charge in [-0.05, 0) is 43.3 Å². The Morgan fingerprint density at radius 1 is 1.19 bits per heavy atom. The number of aryl methyl sites for hydroxylation is 1. The van der Waals surface area contributed by atoms with Crippen LogP contribution in [0, 0.1) is 6.92 Å². The molecule has 2 aromatic heterocycles. The minimum absolute atomic E-state index is 0.186. The topological polar surface area (TPSA) is 70.4 Å². The van der Waals surface area contributed by atoms with Crippen molar-refractivity contribution in [1.82, 2.24) is 9.78 Å². The number of rotatable bonds is 6. The summed E-state index contributed by atoms with van der Waals surface area (Å²) in [7, 11) is 1.33. The number of methoxy groups -OCH3 is 1. The number of hydrogen-bond donors (Lipinski definition) is 0. The molecule has 0 amide bonds. The first-order chi connectivity index (χ1) is 12.6. The summed E-state index contributed by atoms with van der Waals surface area (Å²) in [4.78, 5) is 25.8. The molecular weight excluding hydrogens is 352 g/mol. The van der Waals surface area contributed by atoms with Gasteiger partial charge in [0.2, 0.25) is 0 Å². The zero-order valence-electron chi connectivity index (χ0n) is 14.5. The predicted octanol–water partition coefficient (Wildman–Crippen LogP) is 3.15. The molecule has 0 saturated heterocycles. The van der Waals surface area contributed by atoms with Crippen LogP contribution in [0.3, 0.4) is 0 Å². The van der Waals surface area contributed by atoms with Crippen molar-refractivity contribution in [3.05, 3.63) is 69.3 Å². The van der Waals surface area contributed by atoms with E-state index in [-0.39, 0.29) is 12.2 Å². The van der Waals surface area contributed by atoms with Gasteiger partial charge in [0.25, 0.3) is 5.56 Å². The molecule has 0 unspecified atom stereocenters. The molecule has 2 heterocycles. The van der Waals surface area contributed by atoms with E-state index in [1.54, 1.807) is 41.7 Å². The smallest absolute Gasteiger partial charge is 0.337 e. The Bertz CT molecular complexity index is 977. The summed E-state index contributed by atoms with van der Waals surface area (Å²) < 4.78 is 11.7. The van der Waals surface area contributed by atoms with Crippen LogP contribution in [0.15, 0.2) is 53.3 Å². The van der Waals surface area contributed by atoms with Crippen molar-refractivity contribution >= 4 is 17.3 Å². The molecule has 0 aliphatic heterocycles. The maximum absolute atomic E-state index is 12.0. The molecule has 0 aliphatic carbocycles. The fraction of sp³-hybridized carbons (Fsp3) is 0.211. The third-order valence-corrected chi connectivity index (χ3v) is 4.71. The normalized spacial score (nSPS) is 10.5. The van der Waals surface area contributed by atoms with Gasteiger partial charge in [-0.1, -0.05) is 6.07 Å². The van der Waals surface area contributed by atoms with E-state index < -0.39 is 5.97 Å². The lowest BCUT2D eigenvalue weighted by atomic mass is 10.2. The molecule has 26 heavy (non-hydrogen) atoms. The lowest BCUT2D eigenvalue weighted by Gasteiger charge is -2.09. The molecule has 0 atom stereocenters. The summed E-state index contributed by atoms with van der Waals surface area (Å²) in [5, 5.41) is 4.41. The van der Waals surface area contributed by atoms with E-state index in [4.69, 9.17) is 4.74 Å². The molecule has 0 radical (unpaired) electrons. The number of carbonyl (C=O) groups is 1. The number of carbonyl (C=O) groups excluding carboxylic acids is 1. The second-order valence-corrected chi connectivity index (χ2v) is 6.85. The molecule has 0 saturated carbocycles. The van der Waals surface area contributed by atoms with Gasteiger partial charge >= 0.3 is 5.97 Å². The van der Waals surface area contributed by atoms with Crippen LogP contribution >= 0.6 is 11.3 Å². The van der Waals surface area contributed by atoms with Crippen molar-refractivity contribution in [2.45, 2.75) is 13.5 Å². The highest BCUT2D eigenvalue weighted by atomic mass is 32.1. The Labute approximate surface area is 154 Å². The van der Waals surface area contributed by atoms with Crippen LogP contribution in [0.1, 0.15) is 15.2 Å². The molecule has 0 spiro atoms. The van der Waals surface area contributed by atoms with Crippen molar-refractivity contribution in [3.8, 4) is 16.3 Å². The first-order valence-corrected chi connectivity index (χ1v) is 8.84. The average Bonchev–Trinajstić information content (AvgIpc) is 3.09. The Kier molecular flexibility index (Phi) is 5.48. The van der Waals surface area contributed by atoms with Crippen LogP contribution < -0.4 is 10.3 Å². The lowest BCUT2D eigenvalue weighted by Crippen LogP contribution is -2.25. The number of benzene rings is 1. The van der Waals surface area contributed by atoms with E-state index in [1.807, 2.05) is 19.1 Å². The Balaban J connectivity index is 1.68. The number of thiophene rings is 1. The van der Waals surface area contributed by atoms with E-state index in [0.717, 1.165) is 10.6 Å². The third kappa shape index (κ3) is 4.18. The molecule has 0 N–H and O–H groups in total. The maximum atomic E-state index is 12.0. The number of ether oxygens (including phenoxy) is 2. The highest BCUT2D eigenvalue weighted by molar-refractivity contribution is 7.15. The van der Waals surface area contributed by atoms with Crippen molar-refractivity contribution < 1.29 is 14.3 Å². The number of hydrogen-bond acceptors (Lipinski definition) is 6. The zero-order chi connectivity index (χ0) is 18.5. The van der Waals surface area contributed by atoms with Gasteiger partial charge in [-0.3, -0.25) is 4.79 Å². The second kappa shape index (κ2) is 7.97. The molecule has 3 aromatic rings. The fourth-order valence-electron chi connectivity index (χ4n) is 2.39. The van der Waals surface area contributed by atoms with E-state index in [9.17, 15) is 9.59 Å². The number of aromatic nitrogens is 2. The van der Waals surface area contributed by atoms with Gasteiger partial charge in [0.05, 0.1) is 24.1 Å². The molecule has 134 valence electrons. The molecule has 0 bridgehead atoms. The molecule has 1 aromatic carbocycles. The van der Waals surface area contributed by atoms with Crippen molar-refractivity contribution in [1.29, 1.82) is 0 Å². The quantitative estimate of drug-likeness (QED) is 0.624. The van der Waals surface area contributed by atoms with Crippen LogP contribution in [-0.4, -0.2) is 29.5 Å². The highest BCUT2D eigenvalue weighted by Gasteiger charge is 2.08. The molecule has 0 fully saturated rings. The van der Waals surface area contributed by atoms with E-state index in [0.29, 0.717) is 17.9 Å². The van der Waals surface area contributed by atoms with Crippen molar-refractivity contribution in [2.75, 3.05) is 13.7 Å². The standard InChI is InChI=1S/C19H18N2O4S/c1-13-6-8-17(26-13)16-7-9-18(22)21(20-16)10-11-25-15-5-3-4-14(12-15)19(23)24-2/h3-9,12H,10-11H2,1-2H3. The monoisotopic (exact) mass is 370 g/mol. The zero-order valence-corrected chi connectivity index (χ0v) is 15.3. The largest absolute Gasteiger partial charge is 0.492 e. The summed E-state index contributed by atoms with van der Waals surface area (Å²) >= 11 is 1.63. The van der Waals surface area contributed by atoms with Crippen LogP contribution in [0.4, 0.5) is 0 Å². The summed E-state index contributed by atoms with van der Waals surface area (Å²) in [6.07, 6.45) is 0. The van der Waals surface area contributed by atoms with Crippen molar-refractivity contribution in [2.24, 2.45) is 0 Å². The Morgan fingerprint density at radius 2 is 2.04 bits per heavy atom. The number of nitrogens with zero attached hydrogens (tertiary/aromatic N) is 2. The summed E-state index contributed by atoms with van der Waals surface area (Å²) in [6, 6.07) is 14.0. The fourth-order valence-corrected chi connectivity index (χ4v) is 3.23. The van der Waals surface area contributed by atoms with Gasteiger partial charge in [-0.25, -0.2) is 9.48 Å². The second-order valence-electron chi connectivity index (χ2n) is 5.56. The van der Waals surface area contributed by atoms with Gasteiger partial charge in [-0.2, -0.15) is 5.10 Å². The minimum Gasteiger partial charge on any atom is -0.492 e. The first-order valence-electron chi connectivity index (χ1n) is 8.03. The van der Waals surface area contributed by atoms with Gasteiger partial charge in [-0.15, -0.1) is 11.3 Å². The van der Waals surface area contributed by atoms with Gasteiger partial charge in [0.15, 0.2) is 0 Å². The maximum Gasteiger partial charge on any atom is 0.337 e. The van der Waals surface area contributed by atoms with Gasteiger partial charge in [0, 0.05) is 10.9 Å². The summed E-state index contributed by atoms with van der Waals surface area (Å²) in [5.74, 6) is 0.110. The predicted molar refractivity (Wildman–Crippen MR) is 99.8 cm³/mol. The third-order valence-electron chi connectivity index (χ3n) is 3.69. The SMILES string of the molecule is COC(=O)c1cccc(OCCn2nc(-c3ccc(C)s3)ccc2=O)c1. The van der Waals surface area contributed by atoms with Crippen LogP contribution in [-0.2, 0) is 11.3 Å². The van der Waals surface area contributed by atoms with E-state index >= 15 is 0 Å². The molecule has 0 aliphatic rings. The highest BCUT2D eigenvalue weighted by Crippen LogP contribution is 2.25. The van der Waals surface area contributed by atoms with E-state index in [2.05, 4.69) is 9.84 Å². The van der Waals surface area contributed by atoms with Crippen LogP contribution in [0.5, 0.6) is 5.75 Å². The number of esters is 1. The Hall–Kier alpha value is -2.93. The molecule has 7 heteroatoms. The minimum atomic E-state index is -0.424. The van der Waals surface area contributed by atoms with E-state index in [1.165, 1.54) is 22.7 Å². The van der Waals surface area contributed by atoms with Crippen molar-refractivity contribution in [3.63, 3.8) is 0 Å². The molecular formula is C19H18N2O4S. The average molecular weight is 370 g/mol. The van der Waals surface area contributed by atoms with Crippen LogP contribution in [0.25, 0.3) is 10.6 Å². The summed E-state index contributed by atoms with van der Waals surface area (Å²) in [6.45, 7) is 2.59. The molecule has 6 nitrogen and oxygen atoms in total. The van der Waals surface area contributed by atoms with Crippen LogP contribution in [0.2, 0.25) is 0 Å². The first kappa shape index (κ1) is 17.9. The Morgan fingerprint density at radius 3 is 2.77 bits per heavy atom. The lowest BCUT2D eigenvalue weighted by molar-refractivity contribution is 0.0600. The van der Waals surface area contributed by atoms with Gasteiger partial charge < -0.3 is 9.47 Å².